The fourth-order valence-corrected chi connectivity index (χ4v) is 3.53. The van der Waals surface area contributed by atoms with Gasteiger partial charge in [0, 0.05) is 32.1 Å². The van der Waals surface area contributed by atoms with E-state index in [1.54, 1.807) is 24.0 Å². The number of likely N-dealkylation sites (tertiary alicyclic amines) is 1. The van der Waals surface area contributed by atoms with Crippen LogP contribution < -0.4 is 4.74 Å². The van der Waals surface area contributed by atoms with E-state index in [1.165, 1.54) is 0 Å². The second-order valence-corrected chi connectivity index (χ2v) is 7.35. The van der Waals surface area contributed by atoms with Crippen molar-refractivity contribution < 1.29 is 14.1 Å². The molecule has 3 aromatic rings. The molecule has 8 nitrogen and oxygen atoms in total. The van der Waals surface area contributed by atoms with Gasteiger partial charge in [0.15, 0.2) is 5.82 Å². The number of benzene rings is 1. The second-order valence-electron chi connectivity index (χ2n) is 7.35. The number of amides is 1. The first kappa shape index (κ1) is 17.0. The summed E-state index contributed by atoms with van der Waals surface area (Å²) in [4.78, 5) is 19.0. The lowest BCUT2D eigenvalue weighted by atomic mass is 10.2. The van der Waals surface area contributed by atoms with Crippen LogP contribution in [0.3, 0.4) is 0 Å². The predicted molar refractivity (Wildman–Crippen MR) is 99.9 cm³/mol. The number of carbonyl (C=O) groups excluding carboxylic acids is 1. The number of para-hydroxylation sites is 1. The lowest BCUT2D eigenvalue weighted by molar-refractivity contribution is 0.0761. The molecule has 1 aromatic carbocycles. The van der Waals surface area contributed by atoms with Crippen molar-refractivity contribution in [1.29, 1.82) is 0 Å². The Bertz CT molecular complexity index is 1010. The summed E-state index contributed by atoms with van der Waals surface area (Å²) >= 11 is 0. The summed E-state index contributed by atoms with van der Waals surface area (Å²) in [5.41, 5.74) is 1.37. The Morgan fingerprint density at radius 2 is 2.07 bits per heavy atom. The van der Waals surface area contributed by atoms with Gasteiger partial charge in [0.2, 0.25) is 0 Å². The molecule has 2 aromatic heterocycles. The molecule has 8 heteroatoms. The van der Waals surface area contributed by atoms with E-state index in [9.17, 15) is 4.79 Å². The highest BCUT2D eigenvalue weighted by molar-refractivity contribution is 5.92. The van der Waals surface area contributed by atoms with Crippen LogP contribution in [0, 0.1) is 0 Å². The van der Waals surface area contributed by atoms with Crippen molar-refractivity contribution >= 4 is 5.91 Å². The standard InChI is InChI=1S/C20H21N5O3/c1-24-16(8-10-21-24)20(26)25-11-9-14(12-25)27-17-5-3-2-4-15(17)19-22-18(23-28-19)13-6-7-13/h2-5,8,10,13-14H,6-7,9,11-12H2,1H3. The lowest BCUT2D eigenvalue weighted by Gasteiger charge is -2.18. The first-order chi connectivity index (χ1) is 13.7. The average Bonchev–Trinajstić information content (AvgIpc) is 3.09. The number of aryl methyl sites for hydroxylation is 1. The molecule has 1 amide bonds. The van der Waals surface area contributed by atoms with Crippen molar-refractivity contribution in [2.75, 3.05) is 13.1 Å². The summed E-state index contributed by atoms with van der Waals surface area (Å²) in [6, 6.07) is 9.41. The van der Waals surface area contributed by atoms with E-state index in [0.717, 1.165) is 30.7 Å². The Morgan fingerprint density at radius 3 is 2.86 bits per heavy atom. The maximum atomic E-state index is 12.7. The van der Waals surface area contributed by atoms with Crippen LogP contribution in [0.4, 0.5) is 0 Å². The van der Waals surface area contributed by atoms with Crippen LogP contribution in [-0.4, -0.2) is 49.9 Å². The Kier molecular flexibility index (Phi) is 4.11. The van der Waals surface area contributed by atoms with Gasteiger partial charge in [-0.05, 0) is 31.0 Å². The summed E-state index contributed by atoms with van der Waals surface area (Å²) in [5, 5.41) is 8.17. The molecule has 0 N–H and O–H groups in total. The summed E-state index contributed by atoms with van der Waals surface area (Å²) in [6.07, 6.45) is 4.58. The first-order valence-electron chi connectivity index (χ1n) is 9.56. The monoisotopic (exact) mass is 379 g/mol. The third-order valence-corrected chi connectivity index (χ3v) is 5.27. The molecule has 1 atom stereocenters. The molecule has 5 rings (SSSR count). The molecular formula is C20H21N5O3. The minimum Gasteiger partial charge on any atom is -0.488 e. The highest BCUT2D eigenvalue weighted by Gasteiger charge is 2.31. The zero-order valence-electron chi connectivity index (χ0n) is 15.6. The zero-order chi connectivity index (χ0) is 19.1. The highest BCUT2D eigenvalue weighted by Crippen LogP contribution is 2.39. The molecule has 2 aliphatic rings. The van der Waals surface area contributed by atoms with E-state index < -0.39 is 0 Å². The molecule has 1 unspecified atom stereocenters. The molecule has 2 fully saturated rings. The van der Waals surface area contributed by atoms with Gasteiger partial charge in [-0.25, -0.2) is 0 Å². The molecular weight excluding hydrogens is 358 g/mol. The minimum absolute atomic E-state index is 0.0228. The third kappa shape index (κ3) is 3.15. The molecule has 0 radical (unpaired) electrons. The smallest absolute Gasteiger partial charge is 0.272 e. The predicted octanol–water partition coefficient (Wildman–Crippen LogP) is 2.64. The number of hydrogen-bond acceptors (Lipinski definition) is 6. The van der Waals surface area contributed by atoms with Crippen molar-refractivity contribution in [2.24, 2.45) is 7.05 Å². The second kappa shape index (κ2) is 6.78. The van der Waals surface area contributed by atoms with Gasteiger partial charge in [-0.2, -0.15) is 10.1 Å². The van der Waals surface area contributed by atoms with Gasteiger partial charge in [0.25, 0.3) is 11.8 Å². The molecule has 0 spiro atoms. The normalized spacial score (nSPS) is 19.2. The number of hydrogen-bond donors (Lipinski definition) is 0. The lowest BCUT2D eigenvalue weighted by Crippen LogP contribution is -2.32. The Hall–Kier alpha value is -3.16. The first-order valence-corrected chi connectivity index (χ1v) is 9.56. The molecule has 144 valence electrons. The van der Waals surface area contributed by atoms with Crippen LogP contribution in [0.1, 0.15) is 41.5 Å². The average molecular weight is 379 g/mol. The van der Waals surface area contributed by atoms with Crippen LogP contribution in [0.25, 0.3) is 11.5 Å². The number of aromatic nitrogens is 4. The number of nitrogens with zero attached hydrogens (tertiary/aromatic N) is 5. The van der Waals surface area contributed by atoms with E-state index in [4.69, 9.17) is 9.26 Å². The van der Waals surface area contributed by atoms with Gasteiger partial charge >= 0.3 is 0 Å². The topological polar surface area (TPSA) is 86.3 Å². The van der Waals surface area contributed by atoms with Crippen molar-refractivity contribution in [2.45, 2.75) is 31.3 Å². The molecule has 1 saturated carbocycles. The fourth-order valence-electron chi connectivity index (χ4n) is 3.53. The van der Waals surface area contributed by atoms with Crippen molar-refractivity contribution in [3.63, 3.8) is 0 Å². The van der Waals surface area contributed by atoms with Gasteiger partial charge < -0.3 is 14.2 Å². The molecule has 28 heavy (non-hydrogen) atoms. The summed E-state index contributed by atoms with van der Waals surface area (Å²) in [5.74, 6) is 2.38. The molecule has 1 aliphatic heterocycles. The van der Waals surface area contributed by atoms with Crippen molar-refractivity contribution in [1.82, 2.24) is 24.8 Å². The molecule has 1 aliphatic carbocycles. The number of carbonyl (C=O) groups is 1. The Morgan fingerprint density at radius 1 is 1.21 bits per heavy atom. The van der Waals surface area contributed by atoms with Gasteiger partial charge in [-0.3, -0.25) is 9.48 Å². The van der Waals surface area contributed by atoms with E-state index in [2.05, 4.69) is 15.2 Å². The highest BCUT2D eigenvalue weighted by atomic mass is 16.5. The Labute approximate surface area is 162 Å². The molecule has 0 bridgehead atoms. The van der Waals surface area contributed by atoms with Crippen LogP contribution in [0.15, 0.2) is 41.1 Å². The van der Waals surface area contributed by atoms with Gasteiger partial charge in [-0.15, -0.1) is 0 Å². The maximum absolute atomic E-state index is 12.7. The number of rotatable bonds is 5. The van der Waals surface area contributed by atoms with Crippen molar-refractivity contribution in [3.8, 4) is 17.2 Å². The van der Waals surface area contributed by atoms with Gasteiger partial charge in [-0.1, -0.05) is 17.3 Å². The summed E-state index contributed by atoms with van der Waals surface area (Å²) in [7, 11) is 1.77. The van der Waals surface area contributed by atoms with E-state index in [1.807, 2.05) is 29.2 Å². The van der Waals surface area contributed by atoms with Gasteiger partial charge in [0.05, 0.1) is 12.1 Å². The largest absolute Gasteiger partial charge is 0.488 e. The van der Waals surface area contributed by atoms with Crippen LogP contribution in [0.5, 0.6) is 5.75 Å². The summed E-state index contributed by atoms with van der Waals surface area (Å²) in [6.45, 7) is 1.19. The van der Waals surface area contributed by atoms with E-state index >= 15 is 0 Å². The minimum atomic E-state index is -0.0795. The quantitative estimate of drug-likeness (QED) is 0.677. The van der Waals surface area contributed by atoms with Gasteiger partial charge in [0.1, 0.15) is 17.5 Å². The fraction of sp³-hybridized carbons (Fsp3) is 0.400. The summed E-state index contributed by atoms with van der Waals surface area (Å²) < 4.78 is 13.3. The maximum Gasteiger partial charge on any atom is 0.272 e. The molecule has 3 heterocycles. The van der Waals surface area contributed by atoms with E-state index in [-0.39, 0.29) is 12.0 Å². The van der Waals surface area contributed by atoms with Crippen molar-refractivity contribution in [3.05, 3.63) is 48.0 Å². The zero-order valence-corrected chi connectivity index (χ0v) is 15.6. The number of ether oxygens (including phenoxy) is 1. The van der Waals surface area contributed by atoms with Crippen LogP contribution >= 0.6 is 0 Å². The van der Waals surface area contributed by atoms with E-state index in [0.29, 0.717) is 36.3 Å². The SMILES string of the molecule is Cn1nccc1C(=O)N1CCC(Oc2ccccc2-c2nc(C3CC3)no2)C1. The Balaban J connectivity index is 1.30. The molecule has 1 saturated heterocycles. The van der Waals surface area contributed by atoms with Crippen LogP contribution in [-0.2, 0) is 7.05 Å². The third-order valence-electron chi connectivity index (χ3n) is 5.27. The van der Waals surface area contributed by atoms with Crippen LogP contribution in [0.2, 0.25) is 0 Å².